The number of aryl methyl sites for hydroxylation is 1. The van der Waals surface area contributed by atoms with Gasteiger partial charge in [0.2, 0.25) is 4.73 Å². The van der Waals surface area contributed by atoms with E-state index in [4.69, 9.17) is 47.3 Å². The normalized spacial score (nSPS) is 18.5. The van der Waals surface area contributed by atoms with Crippen LogP contribution < -0.4 is 14.4 Å². The van der Waals surface area contributed by atoms with Crippen LogP contribution in [0.3, 0.4) is 0 Å². The molecule has 2 fully saturated rings. The summed E-state index contributed by atoms with van der Waals surface area (Å²) in [7, 11) is 0. The molecule has 12 nitrogen and oxygen atoms in total. The Balaban J connectivity index is 0.000000204. The van der Waals surface area contributed by atoms with Gasteiger partial charge in [0.25, 0.3) is 0 Å². The number of piperidine rings is 1. The van der Waals surface area contributed by atoms with E-state index in [9.17, 15) is 0 Å². The van der Waals surface area contributed by atoms with E-state index in [1.54, 1.807) is 4.68 Å². The second kappa shape index (κ2) is 15.3. The molecule has 7 rings (SSSR count). The summed E-state index contributed by atoms with van der Waals surface area (Å²) in [6.45, 7) is 15.8. The summed E-state index contributed by atoms with van der Waals surface area (Å²) in [5.74, 6) is 4.63. The number of ether oxygens (including phenoxy) is 2. The lowest BCUT2D eigenvalue weighted by Crippen LogP contribution is -2.43. The van der Waals surface area contributed by atoms with Crippen molar-refractivity contribution in [2.45, 2.75) is 79.8 Å². The molecule has 1 saturated heterocycles. The zero-order chi connectivity index (χ0) is 35.7. The van der Waals surface area contributed by atoms with Gasteiger partial charge in [0.1, 0.15) is 11.5 Å². The van der Waals surface area contributed by atoms with Crippen LogP contribution in [0.25, 0.3) is 0 Å². The Morgan fingerprint density at radius 2 is 1.34 bits per heavy atom. The lowest BCUT2D eigenvalue weighted by atomic mass is 9.82. The second-order valence-electron chi connectivity index (χ2n) is 13.5. The van der Waals surface area contributed by atoms with Gasteiger partial charge >= 0.3 is 18.0 Å². The maximum Gasteiger partial charge on any atom is 0.324 e. The lowest BCUT2D eigenvalue weighted by molar-refractivity contribution is 0.253. The van der Waals surface area contributed by atoms with Crippen LogP contribution in [0.2, 0.25) is 10.0 Å². The molecule has 15 heteroatoms. The Morgan fingerprint density at radius 1 is 0.800 bits per heavy atom. The predicted octanol–water partition coefficient (Wildman–Crippen LogP) is 9.39. The Bertz CT molecular complexity index is 1930. The molecule has 4 heterocycles. The maximum absolute atomic E-state index is 6.27. The van der Waals surface area contributed by atoms with E-state index in [2.05, 4.69) is 54.9 Å². The number of aromatic nitrogens is 8. The van der Waals surface area contributed by atoms with E-state index in [0.29, 0.717) is 67.9 Å². The first-order valence-electron chi connectivity index (χ1n) is 16.9. The monoisotopic (exact) mass is 785 g/mol. The zero-order valence-electron chi connectivity index (χ0n) is 29.3. The molecule has 2 aromatic carbocycles. The van der Waals surface area contributed by atoms with Crippen molar-refractivity contribution in [2.75, 3.05) is 18.0 Å². The smallest absolute Gasteiger partial charge is 0.324 e. The number of hydrogen-bond acceptors (Lipinski definition) is 10. The van der Waals surface area contributed by atoms with Crippen LogP contribution in [0.1, 0.15) is 75.4 Å². The lowest BCUT2D eigenvalue weighted by Gasteiger charge is -2.36. The van der Waals surface area contributed by atoms with Gasteiger partial charge in [-0.15, -0.1) is 5.10 Å². The van der Waals surface area contributed by atoms with E-state index >= 15 is 0 Å². The van der Waals surface area contributed by atoms with E-state index in [-0.39, 0.29) is 12.1 Å². The summed E-state index contributed by atoms with van der Waals surface area (Å²) < 4.78 is 21.4. The summed E-state index contributed by atoms with van der Waals surface area (Å²) in [4.78, 5) is 15.7. The third kappa shape index (κ3) is 7.94. The summed E-state index contributed by atoms with van der Waals surface area (Å²) in [5.41, 5.74) is 1.78. The number of nitrogens with zero attached hydrogens (tertiary/aromatic N) is 9. The fraction of sp³-hybridized carbons (Fsp3) is 0.486. The molecular formula is C35H42BrCl2N9O3. The van der Waals surface area contributed by atoms with Crippen LogP contribution in [0.15, 0.2) is 45.7 Å². The fourth-order valence-electron chi connectivity index (χ4n) is 6.58. The van der Waals surface area contributed by atoms with Gasteiger partial charge in [-0.05, 0) is 119 Å². The van der Waals surface area contributed by atoms with Crippen molar-refractivity contribution in [3.05, 3.63) is 74.0 Å². The van der Waals surface area contributed by atoms with Gasteiger partial charge < -0.3 is 18.9 Å². The summed E-state index contributed by atoms with van der Waals surface area (Å²) >= 11 is 15.6. The zero-order valence-corrected chi connectivity index (χ0v) is 32.4. The summed E-state index contributed by atoms with van der Waals surface area (Å²) in [5, 5.41) is 14.3. The minimum Gasteiger partial charge on any atom is -0.424 e. The Kier molecular flexibility index (Phi) is 11.0. The number of halogens is 3. The molecule has 2 bridgehead atoms. The minimum atomic E-state index is 0.144. The standard InChI is InChI=1S/C23H29ClN6O2.C12H13BrClN3O/c1-13(2)30-23(31-20-7-5-6-19(24)14(20)3)26-21(27-30)10-18-16-8-9-17(18)12-29(11-16)22-25-15(4)28-32-22;1-7(2)17-12(15-11(13)16-17)18-10-6-4-5-9(14)8(10)3/h5-7,13,16-18H,8-12H2,1-4H3;4-7H,1-3H3/t16-,17+,18?;. The molecule has 50 heavy (non-hydrogen) atoms. The van der Waals surface area contributed by atoms with Crippen molar-refractivity contribution in [3.8, 4) is 23.5 Å². The molecule has 1 aliphatic heterocycles. The second-order valence-corrected chi connectivity index (χ2v) is 15.0. The number of benzene rings is 2. The van der Waals surface area contributed by atoms with Gasteiger partial charge in [0.05, 0.1) is 12.1 Å². The Labute approximate surface area is 310 Å². The highest BCUT2D eigenvalue weighted by molar-refractivity contribution is 9.10. The molecule has 0 N–H and O–H groups in total. The molecule has 266 valence electrons. The number of anilines is 1. The SMILES string of the molecule is Cc1c(Cl)cccc1Oc1nc(Br)nn1C(C)C.Cc1noc(N2C[C@H]3CC[C@@H](C2)C3Cc2nc(Oc3cccc(Cl)c3C)n(C(C)C)n2)n1. The first-order chi connectivity index (χ1) is 23.9. The van der Waals surface area contributed by atoms with Crippen molar-refractivity contribution < 1.29 is 14.0 Å². The van der Waals surface area contributed by atoms with Crippen LogP contribution in [0.4, 0.5) is 6.01 Å². The molecule has 3 atom stereocenters. The average molecular weight is 788 g/mol. The first-order valence-corrected chi connectivity index (χ1v) is 18.4. The largest absolute Gasteiger partial charge is 0.424 e. The van der Waals surface area contributed by atoms with E-state index < -0.39 is 0 Å². The van der Waals surface area contributed by atoms with Crippen molar-refractivity contribution in [2.24, 2.45) is 17.8 Å². The van der Waals surface area contributed by atoms with Crippen molar-refractivity contribution in [1.29, 1.82) is 0 Å². The van der Waals surface area contributed by atoms with E-state index in [1.807, 2.05) is 75.7 Å². The quantitative estimate of drug-likeness (QED) is 0.143. The Hall–Kier alpha value is -3.68. The van der Waals surface area contributed by atoms with Gasteiger partial charge in [0, 0.05) is 40.7 Å². The average Bonchev–Trinajstić information content (AvgIpc) is 3.83. The van der Waals surface area contributed by atoms with E-state index in [0.717, 1.165) is 36.5 Å². The first kappa shape index (κ1) is 36.1. The molecule has 1 unspecified atom stereocenters. The highest BCUT2D eigenvalue weighted by atomic mass is 79.9. The van der Waals surface area contributed by atoms with Crippen LogP contribution in [0.5, 0.6) is 23.5 Å². The van der Waals surface area contributed by atoms with Crippen LogP contribution >= 0.6 is 39.1 Å². The number of hydrogen-bond donors (Lipinski definition) is 0. The molecule has 3 aromatic heterocycles. The molecule has 1 saturated carbocycles. The summed E-state index contributed by atoms with van der Waals surface area (Å²) in [6.07, 6.45) is 3.29. The third-order valence-corrected chi connectivity index (χ3v) is 10.4. The van der Waals surface area contributed by atoms with Gasteiger partial charge in [-0.2, -0.15) is 20.1 Å². The Morgan fingerprint density at radius 3 is 1.86 bits per heavy atom. The van der Waals surface area contributed by atoms with E-state index in [1.165, 1.54) is 12.8 Å². The van der Waals surface area contributed by atoms with Gasteiger partial charge in [0.15, 0.2) is 11.6 Å². The third-order valence-electron chi connectivity index (χ3n) is 9.27. The highest BCUT2D eigenvalue weighted by Crippen LogP contribution is 2.44. The minimum absolute atomic E-state index is 0.144. The summed E-state index contributed by atoms with van der Waals surface area (Å²) in [6, 6.07) is 13.1. The van der Waals surface area contributed by atoms with Gasteiger partial charge in [-0.25, -0.2) is 9.36 Å². The number of rotatable bonds is 9. The highest BCUT2D eigenvalue weighted by Gasteiger charge is 2.43. The molecule has 5 aromatic rings. The number of fused-ring (bicyclic) bond motifs is 2. The van der Waals surface area contributed by atoms with Crippen LogP contribution in [0, 0.1) is 38.5 Å². The predicted molar refractivity (Wildman–Crippen MR) is 196 cm³/mol. The van der Waals surface area contributed by atoms with Gasteiger partial charge in [-0.3, -0.25) is 0 Å². The fourth-order valence-corrected chi connectivity index (χ4v) is 7.23. The molecule has 2 aliphatic rings. The molecule has 0 amide bonds. The molecular weight excluding hydrogens is 745 g/mol. The molecule has 0 spiro atoms. The van der Waals surface area contributed by atoms with Crippen molar-refractivity contribution in [1.82, 2.24) is 39.7 Å². The van der Waals surface area contributed by atoms with Crippen LogP contribution in [-0.2, 0) is 6.42 Å². The van der Waals surface area contributed by atoms with Crippen LogP contribution in [-0.4, -0.2) is 52.8 Å². The van der Waals surface area contributed by atoms with Gasteiger partial charge in [-0.1, -0.05) is 40.5 Å². The molecule has 0 radical (unpaired) electrons. The van der Waals surface area contributed by atoms with Crippen molar-refractivity contribution >= 4 is 45.1 Å². The molecule has 1 aliphatic carbocycles. The topological polar surface area (TPSA) is 122 Å². The van der Waals surface area contributed by atoms with Crippen molar-refractivity contribution in [3.63, 3.8) is 0 Å². The maximum atomic E-state index is 6.27.